The van der Waals surface area contributed by atoms with Gasteiger partial charge >= 0.3 is 0 Å². The molecule has 0 unspecified atom stereocenters. The zero-order chi connectivity index (χ0) is 18.8. The quantitative estimate of drug-likeness (QED) is 0.361. The van der Waals surface area contributed by atoms with Crippen LogP contribution < -0.4 is 5.32 Å². The van der Waals surface area contributed by atoms with E-state index in [1.54, 1.807) is 18.2 Å². The van der Waals surface area contributed by atoms with Gasteiger partial charge in [0.1, 0.15) is 0 Å². The summed E-state index contributed by atoms with van der Waals surface area (Å²) in [4.78, 5) is 15.7. The van der Waals surface area contributed by atoms with E-state index in [9.17, 15) is 10.1 Å². The minimum absolute atomic E-state index is 0.126. The van der Waals surface area contributed by atoms with Crippen LogP contribution in [-0.4, -0.2) is 21.5 Å². The van der Waals surface area contributed by atoms with Gasteiger partial charge in [-0.2, -0.15) is 0 Å². The lowest BCUT2D eigenvalue weighted by atomic mass is 10.2. The Morgan fingerprint density at radius 3 is 2.78 bits per heavy atom. The van der Waals surface area contributed by atoms with Crippen LogP contribution in [0.5, 0.6) is 0 Å². The summed E-state index contributed by atoms with van der Waals surface area (Å²) in [5.41, 5.74) is 3.41. The second kappa shape index (κ2) is 7.20. The highest BCUT2D eigenvalue weighted by Gasteiger charge is 2.17. The number of nitrogens with zero attached hydrogens (tertiary/aromatic N) is 2. The number of para-hydroxylation sites is 1. The molecular weight excluding hydrogens is 360 g/mol. The van der Waals surface area contributed by atoms with E-state index >= 15 is 0 Å². The van der Waals surface area contributed by atoms with Crippen molar-refractivity contribution in [3.63, 3.8) is 0 Å². The predicted molar refractivity (Wildman–Crippen MR) is 109 cm³/mol. The summed E-state index contributed by atoms with van der Waals surface area (Å²) < 4.78 is 2.18. The zero-order valence-electron chi connectivity index (χ0n) is 14.7. The van der Waals surface area contributed by atoms with Gasteiger partial charge in [0.2, 0.25) is 0 Å². The van der Waals surface area contributed by atoms with Crippen molar-refractivity contribution < 1.29 is 4.92 Å². The van der Waals surface area contributed by atoms with Crippen LogP contribution in [0.4, 0.5) is 11.4 Å². The molecule has 0 fully saturated rings. The topological polar surface area (TPSA) is 75.9 Å². The minimum atomic E-state index is -0.333. The number of nitrogens with one attached hydrogen (secondary N) is 2. The van der Waals surface area contributed by atoms with Crippen molar-refractivity contribution in [1.29, 1.82) is 0 Å². The van der Waals surface area contributed by atoms with E-state index < -0.39 is 0 Å². The Kier molecular flexibility index (Phi) is 4.60. The van der Waals surface area contributed by atoms with Crippen LogP contribution in [0.25, 0.3) is 10.9 Å². The number of hydrogen-bond acceptors (Lipinski definition) is 4. The SMILES string of the molecule is CNc1ccc2c(Sc3ccccc3[N+](=O)[O-])cn(Cc3cc[nH]c3)c2c1. The first-order valence-electron chi connectivity index (χ1n) is 8.49. The summed E-state index contributed by atoms with van der Waals surface area (Å²) in [6, 6.07) is 15.1. The lowest BCUT2D eigenvalue weighted by molar-refractivity contribution is -0.387. The van der Waals surface area contributed by atoms with E-state index in [1.807, 2.05) is 37.6 Å². The smallest absolute Gasteiger partial charge is 0.283 e. The van der Waals surface area contributed by atoms with Crippen LogP contribution in [-0.2, 0) is 6.54 Å². The Morgan fingerprint density at radius 1 is 1.19 bits per heavy atom. The molecule has 0 aliphatic carbocycles. The average Bonchev–Trinajstić information content (AvgIpc) is 3.30. The van der Waals surface area contributed by atoms with Crippen LogP contribution in [0, 0.1) is 10.1 Å². The second-order valence-electron chi connectivity index (χ2n) is 6.15. The van der Waals surface area contributed by atoms with E-state index in [0.717, 1.165) is 28.0 Å². The van der Waals surface area contributed by atoms with Gasteiger partial charge in [-0.05, 0) is 35.9 Å². The number of H-pyrrole nitrogens is 1. The molecule has 7 heteroatoms. The molecule has 0 aliphatic rings. The predicted octanol–water partition coefficient (Wildman–Crippen LogP) is 5.12. The van der Waals surface area contributed by atoms with E-state index in [2.05, 4.69) is 33.2 Å². The molecule has 0 saturated carbocycles. The van der Waals surface area contributed by atoms with E-state index in [1.165, 1.54) is 17.3 Å². The fourth-order valence-corrected chi connectivity index (χ4v) is 4.19. The number of nitro benzene ring substituents is 1. The third-order valence-electron chi connectivity index (χ3n) is 4.43. The Morgan fingerprint density at radius 2 is 2.04 bits per heavy atom. The molecule has 2 aromatic carbocycles. The van der Waals surface area contributed by atoms with Crippen molar-refractivity contribution in [3.8, 4) is 0 Å². The van der Waals surface area contributed by atoms with Gasteiger partial charge in [-0.15, -0.1) is 0 Å². The number of rotatable bonds is 6. The van der Waals surface area contributed by atoms with E-state index in [4.69, 9.17) is 0 Å². The monoisotopic (exact) mass is 378 g/mol. The molecule has 2 N–H and O–H groups in total. The van der Waals surface area contributed by atoms with Crippen molar-refractivity contribution in [2.24, 2.45) is 0 Å². The first-order valence-corrected chi connectivity index (χ1v) is 9.31. The first-order chi connectivity index (χ1) is 13.2. The first kappa shape index (κ1) is 17.2. The van der Waals surface area contributed by atoms with Crippen LogP contribution in [0.3, 0.4) is 0 Å². The number of benzene rings is 2. The molecule has 0 amide bonds. The number of hydrogen-bond donors (Lipinski definition) is 2. The molecule has 136 valence electrons. The molecule has 4 aromatic rings. The van der Waals surface area contributed by atoms with Gasteiger partial charge < -0.3 is 14.9 Å². The van der Waals surface area contributed by atoms with Crippen LogP contribution in [0.2, 0.25) is 0 Å². The summed E-state index contributed by atoms with van der Waals surface area (Å²) in [7, 11) is 1.89. The number of aromatic nitrogens is 2. The number of fused-ring (bicyclic) bond motifs is 1. The summed E-state index contributed by atoms with van der Waals surface area (Å²) in [6.07, 6.45) is 5.95. The molecule has 0 spiro atoms. The molecule has 0 radical (unpaired) electrons. The Labute approximate surface area is 160 Å². The molecule has 4 rings (SSSR count). The lowest BCUT2D eigenvalue weighted by Gasteiger charge is -2.05. The third-order valence-corrected chi connectivity index (χ3v) is 5.54. The minimum Gasteiger partial charge on any atom is -0.388 e. The highest BCUT2D eigenvalue weighted by atomic mass is 32.2. The Hall–Kier alpha value is -3.19. The lowest BCUT2D eigenvalue weighted by Crippen LogP contribution is -1.97. The van der Waals surface area contributed by atoms with Crippen molar-refractivity contribution in [2.45, 2.75) is 16.3 Å². The van der Waals surface area contributed by atoms with Crippen molar-refractivity contribution in [2.75, 3.05) is 12.4 Å². The highest BCUT2D eigenvalue weighted by Crippen LogP contribution is 2.39. The van der Waals surface area contributed by atoms with Gasteiger partial charge in [0.15, 0.2) is 0 Å². The maximum Gasteiger partial charge on any atom is 0.283 e. The summed E-state index contributed by atoms with van der Waals surface area (Å²) in [6.45, 7) is 0.727. The fraction of sp³-hybridized carbons (Fsp3) is 0.100. The number of anilines is 1. The van der Waals surface area contributed by atoms with Gasteiger partial charge in [0, 0.05) is 54.2 Å². The van der Waals surface area contributed by atoms with E-state index in [0.29, 0.717) is 4.90 Å². The average molecular weight is 378 g/mol. The Balaban J connectivity index is 1.80. The van der Waals surface area contributed by atoms with Gasteiger partial charge in [-0.1, -0.05) is 23.9 Å². The molecule has 27 heavy (non-hydrogen) atoms. The van der Waals surface area contributed by atoms with Gasteiger partial charge in [-0.25, -0.2) is 0 Å². The summed E-state index contributed by atoms with van der Waals surface area (Å²) in [5, 5.41) is 15.6. The van der Waals surface area contributed by atoms with Crippen LogP contribution >= 0.6 is 11.8 Å². The number of aromatic amines is 1. The molecule has 2 aromatic heterocycles. The molecule has 0 atom stereocenters. The van der Waals surface area contributed by atoms with Crippen molar-refractivity contribution >= 4 is 34.0 Å². The maximum absolute atomic E-state index is 11.4. The van der Waals surface area contributed by atoms with Crippen molar-refractivity contribution in [3.05, 3.63) is 82.8 Å². The van der Waals surface area contributed by atoms with Gasteiger partial charge in [0.05, 0.1) is 15.3 Å². The van der Waals surface area contributed by atoms with Crippen molar-refractivity contribution in [1.82, 2.24) is 9.55 Å². The maximum atomic E-state index is 11.4. The normalized spacial score (nSPS) is 11.0. The largest absolute Gasteiger partial charge is 0.388 e. The molecular formula is C20H18N4O2S. The molecule has 0 saturated heterocycles. The summed E-state index contributed by atoms with van der Waals surface area (Å²) >= 11 is 1.43. The second-order valence-corrected chi connectivity index (χ2v) is 7.23. The highest BCUT2D eigenvalue weighted by molar-refractivity contribution is 7.99. The third kappa shape index (κ3) is 3.41. The molecule has 6 nitrogen and oxygen atoms in total. The fourth-order valence-electron chi connectivity index (χ4n) is 3.09. The van der Waals surface area contributed by atoms with Crippen LogP contribution in [0.1, 0.15) is 5.56 Å². The Bertz CT molecular complexity index is 1100. The zero-order valence-corrected chi connectivity index (χ0v) is 15.5. The van der Waals surface area contributed by atoms with Gasteiger partial charge in [0.25, 0.3) is 5.69 Å². The van der Waals surface area contributed by atoms with Gasteiger partial charge in [-0.3, -0.25) is 10.1 Å². The molecule has 0 aliphatic heterocycles. The van der Waals surface area contributed by atoms with Crippen LogP contribution in [0.15, 0.2) is 76.9 Å². The van der Waals surface area contributed by atoms with E-state index in [-0.39, 0.29) is 10.6 Å². The number of nitro groups is 1. The molecule has 2 heterocycles. The molecule has 0 bridgehead atoms. The summed E-state index contributed by atoms with van der Waals surface area (Å²) in [5.74, 6) is 0. The standard InChI is InChI=1S/C20H18N4O2S/c1-21-15-6-7-16-18(10-15)23(12-14-8-9-22-11-14)13-20(16)27-19-5-3-2-4-17(19)24(25)26/h2-11,13,21-22H,12H2,1H3.